The number of esters is 2. The molecule has 0 aliphatic rings. The summed E-state index contributed by atoms with van der Waals surface area (Å²) < 4.78 is 30.5. The average Bonchev–Trinajstić information content (AvgIpc) is 2.88. The van der Waals surface area contributed by atoms with E-state index in [1.54, 1.807) is 12.1 Å². The SMILES string of the molecule is C=C(CO)C(=O)OCC(COC(=O)C(=C)COC)c1ccc(-c2ccc(CCCCC)cc2)c(F)c1. The number of aliphatic hydroxyl groups is 1. The maximum atomic E-state index is 15.2. The molecule has 2 aromatic carbocycles. The van der Waals surface area contributed by atoms with E-state index < -0.39 is 30.3 Å². The molecule has 0 saturated heterocycles. The first-order valence-corrected chi connectivity index (χ1v) is 12.0. The molecule has 7 heteroatoms. The van der Waals surface area contributed by atoms with Gasteiger partial charge in [0, 0.05) is 12.7 Å². The van der Waals surface area contributed by atoms with Gasteiger partial charge in [-0.3, -0.25) is 0 Å². The minimum absolute atomic E-state index is 0.00945. The summed E-state index contributed by atoms with van der Waals surface area (Å²) >= 11 is 0. The first-order chi connectivity index (χ1) is 17.3. The number of carbonyl (C=O) groups excluding carboxylic acids is 2. The molecule has 1 unspecified atom stereocenters. The largest absolute Gasteiger partial charge is 0.461 e. The molecule has 1 atom stereocenters. The van der Waals surface area contributed by atoms with Crippen LogP contribution in [-0.4, -0.2) is 50.6 Å². The highest BCUT2D eigenvalue weighted by Gasteiger charge is 2.21. The molecule has 36 heavy (non-hydrogen) atoms. The maximum Gasteiger partial charge on any atom is 0.335 e. The first-order valence-electron chi connectivity index (χ1n) is 12.0. The second-order valence-corrected chi connectivity index (χ2v) is 8.59. The smallest absolute Gasteiger partial charge is 0.335 e. The van der Waals surface area contributed by atoms with Gasteiger partial charge in [0.05, 0.1) is 30.3 Å². The van der Waals surface area contributed by atoms with Crippen LogP contribution in [0.2, 0.25) is 0 Å². The summed E-state index contributed by atoms with van der Waals surface area (Å²) in [7, 11) is 1.43. The number of benzene rings is 2. The molecule has 0 amide bonds. The standard InChI is InChI=1S/C29H35FO6/c1-5-6-7-8-22-9-11-23(12-10-22)26-14-13-24(15-27(26)30)25(18-35-28(32)20(2)16-31)19-36-29(33)21(3)17-34-4/h9-15,25,31H,2-3,5-8,16-19H2,1,4H3. The van der Waals surface area contributed by atoms with E-state index in [-0.39, 0.29) is 31.0 Å². The summed E-state index contributed by atoms with van der Waals surface area (Å²) in [5.74, 6) is -2.54. The van der Waals surface area contributed by atoms with E-state index >= 15 is 4.39 Å². The van der Waals surface area contributed by atoms with Crippen LogP contribution in [0.4, 0.5) is 4.39 Å². The molecular formula is C29H35FO6. The summed E-state index contributed by atoms with van der Waals surface area (Å²) in [4.78, 5) is 24.1. The van der Waals surface area contributed by atoms with Crippen molar-refractivity contribution in [3.8, 4) is 11.1 Å². The average molecular weight is 499 g/mol. The van der Waals surface area contributed by atoms with Crippen molar-refractivity contribution in [1.82, 2.24) is 0 Å². The predicted molar refractivity (Wildman–Crippen MR) is 137 cm³/mol. The van der Waals surface area contributed by atoms with Crippen LogP contribution < -0.4 is 0 Å². The number of aryl methyl sites for hydroxylation is 1. The van der Waals surface area contributed by atoms with Crippen molar-refractivity contribution in [3.05, 3.63) is 83.7 Å². The van der Waals surface area contributed by atoms with E-state index in [2.05, 4.69) is 20.1 Å². The molecular weight excluding hydrogens is 463 g/mol. The van der Waals surface area contributed by atoms with Crippen LogP contribution in [0.1, 0.15) is 43.2 Å². The summed E-state index contributed by atoms with van der Waals surface area (Å²) in [5, 5.41) is 9.08. The summed E-state index contributed by atoms with van der Waals surface area (Å²) in [6, 6.07) is 12.6. The van der Waals surface area contributed by atoms with Gasteiger partial charge in [-0.05, 0) is 35.6 Å². The third-order valence-electron chi connectivity index (χ3n) is 5.72. The molecule has 0 heterocycles. The number of ether oxygens (including phenoxy) is 3. The highest BCUT2D eigenvalue weighted by Crippen LogP contribution is 2.28. The molecule has 2 aromatic rings. The lowest BCUT2D eigenvalue weighted by molar-refractivity contribution is -0.143. The third kappa shape index (κ3) is 8.73. The number of hydrogen-bond acceptors (Lipinski definition) is 6. The Kier molecular flexibility index (Phi) is 12.0. The minimum atomic E-state index is -0.784. The van der Waals surface area contributed by atoms with Gasteiger partial charge in [0.15, 0.2) is 0 Å². The van der Waals surface area contributed by atoms with Gasteiger partial charge >= 0.3 is 11.9 Å². The van der Waals surface area contributed by atoms with Gasteiger partial charge in [0.25, 0.3) is 0 Å². The van der Waals surface area contributed by atoms with E-state index in [4.69, 9.17) is 19.3 Å². The van der Waals surface area contributed by atoms with E-state index in [0.717, 1.165) is 24.8 Å². The van der Waals surface area contributed by atoms with Crippen molar-refractivity contribution in [2.24, 2.45) is 0 Å². The molecule has 0 radical (unpaired) electrons. The lowest BCUT2D eigenvalue weighted by Crippen LogP contribution is -2.22. The quantitative estimate of drug-likeness (QED) is 0.208. The lowest BCUT2D eigenvalue weighted by Gasteiger charge is -2.19. The van der Waals surface area contributed by atoms with E-state index in [1.807, 2.05) is 24.3 Å². The third-order valence-corrected chi connectivity index (χ3v) is 5.72. The van der Waals surface area contributed by atoms with Gasteiger partial charge in [0.2, 0.25) is 0 Å². The fourth-order valence-corrected chi connectivity index (χ4v) is 3.54. The van der Waals surface area contributed by atoms with Crippen molar-refractivity contribution < 1.29 is 33.3 Å². The first kappa shape index (κ1) is 28.9. The van der Waals surface area contributed by atoms with Crippen LogP contribution in [-0.2, 0) is 30.2 Å². The monoisotopic (exact) mass is 498 g/mol. The Balaban J connectivity index is 2.19. The molecule has 0 spiro atoms. The molecule has 1 N–H and O–H groups in total. The van der Waals surface area contributed by atoms with Crippen LogP contribution in [0.5, 0.6) is 0 Å². The molecule has 194 valence electrons. The molecule has 6 nitrogen and oxygen atoms in total. The number of unbranched alkanes of at least 4 members (excludes halogenated alkanes) is 2. The van der Waals surface area contributed by atoms with Gasteiger partial charge < -0.3 is 19.3 Å². The Morgan fingerprint density at radius 3 is 2.17 bits per heavy atom. The Morgan fingerprint density at radius 1 is 0.972 bits per heavy atom. The number of rotatable bonds is 15. The second-order valence-electron chi connectivity index (χ2n) is 8.59. The van der Waals surface area contributed by atoms with Gasteiger partial charge in [-0.2, -0.15) is 0 Å². The van der Waals surface area contributed by atoms with Crippen LogP contribution in [0, 0.1) is 5.82 Å². The van der Waals surface area contributed by atoms with E-state index in [1.165, 1.54) is 25.2 Å². The fourth-order valence-electron chi connectivity index (χ4n) is 3.54. The number of aliphatic hydroxyl groups excluding tert-OH is 1. The van der Waals surface area contributed by atoms with E-state index in [9.17, 15) is 9.59 Å². The Labute approximate surface area is 212 Å². The highest BCUT2D eigenvalue weighted by atomic mass is 19.1. The molecule has 0 bridgehead atoms. The minimum Gasteiger partial charge on any atom is -0.461 e. The van der Waals surface area contributed by atoms with Crippen LogP contribution in [0.3, 0.4) is 0 Å². The number of hydrogen-bond donors (Lipinski definition) is 1. The number of methoxy groups -OCH3 is 1. The Morgan fingerprint density at radius 2 is 1.61 bits per heavy atom. The molecule has 0 aliphatic carbocycles. The molecule has 2 rings (SSSR count). The highest BCUT2D eigenvalue weighted by molar-refractivity contribution is 5.88. The number of halogens is 1. The zero-order valence-corrected chi connectivity index (χ0v) is 21.1. The van der Waals surface area contributed by atoms with Crippen LogP contribution >= 0.6 is 0 Å². The fraction of sp³-hybridized carbons (Fsp3) is 0.379. The van der Waals surface area contributed by atoms with Crippen molar-refractivity contribution in [3.63, 3.8) is 0 Å². The summed E-state index contributed by atoms with van der Waals surface area (Å²) in [6.45, 7) is 8.29. The van der Waals surface area contributed by atoms with Crippen molar-refractivity contribution in [2.45, 2.75) is 38.5 Å². The van der Waals surface area contributed by atoms with Gasteiger partial charge in [0.1, 0.15) is 19.0 Å². The summed E-state index contributed by atoms with van der Waals surface area (Å²) in [6.07, 6.45) is 4.46. The summed E-state index contributed by atoms with van der Waals surface area (Å²) in [5.41, 5.74) is 2.91. The second kappa shape index (κ2) is 15.0. The van der Waals surface area contributed by atoms with Crippen molar-refractivity contribution >= 4 is 11.9 Å². The number of carbonyl (C=O) groups is 2. The normalized spacial score (nSPS) is 11.6. The predicted octanol–water partition coefficient (Wildman–Crippen LogP) is 5.15. The zero-order chi connectivity index (χ0) is 26.5. The van der Waals surface area contributed by atoms with Crippen LogP contribution in [0.25, 0.3) is 11.1 Å². The zero-order valence-electron chi connectivity index (χ0n) is 21.1. The lowest BCUT2D eigenvalue weighted by atomic mass is 9.95. The topological polar surface area (TPSA) is 82.1 Å². The van der Waals surface area contributed by atoms with E-state index in [0.29, 0.717) is 11.1 Å². The van der Waals surface area contributed by atoms with Crippen molar-refractivity contribution in [2.75, 3.05) is 33.5 Å². The molecule has 0 aromatic heterocycles. The van der Waals surface area contributed by atoms with Crippen LogP contribution in [0.15, 0.2) is 66.8 Å². The Hall–Kier alpha value is -3.29. The maximum absolute atomic E-state index is 15.2. The van der Waals surface area contributed by atoms with Gasteiger partial charge in [-0.1, -0.05) is 69.3 Å². The van der Waals surface area contributed by atoms with Gasteiger partial charge in [-0.15, -0.1) is 0 Å². The van der Waals surface area contributed by atoms with Crippen molar-refractivity contribution in [1.29, 1.82) is 0 Å². The molecule has 0 fully saturated rings. The molecule has 0 saturated carbocycles. The van der Waals surface area contributed by atoms with Gasteiger partial charge in [-0.25, -0.2) is 14.0 Å². The Bertz CT molecular complexity index is 1040. The molecule has 0 aliphatic heterocycles.